The Morgan fingerprint density at radius 3 is 2.62 bits per heavy atom. The van der Waals surface area contributed by atoms with E-state index in [-0.39, 0.29) is 0 Å². The molecule has 1 aromatic rings. The molecule has 0 spiro atoms. The van der Waals surface area contributed by atoms with Gasteiger partial charge in [0.25, 0.3) is 0 Å². The van der Waals surface area contributed by atoms with Crippen molar-refractivity contribution < 1.29 is 8.42 Å². The molecule has 0 amide bonds. The number of rotatable bonds is 6. The molecule has 0 saturated carbocycles. The first-order chi connectivity index (χ1) is 9.87. The second-order valence-electron chi connectivity index (χ2n) is 5.81. The zero-order valence-corrected chi connectivity index (χ0v) is 14.4. The van der Waals surface area contributed by atoms with Crippen molar-refractivity contribution >= 4 is 26.7 Å². The molecule has 6 nitrogen and oxygen atoms in total. The van der Waals surface area contributed by atoms with Crippen molar-refractivity contribution in [3.8, 4) is 0 Å². The number of anilines is 1. The van der Waals surface area contributed by atoms with Crippen LogP contribution in [0.5, 0.6) is 0 Å². The predicted octanol–water partition coefficient (Wildman–Crippen LogP) is 1.82. The maximum Gasteiger partial charge on any atom is 0.303 e. The van der Waals surface area contributed by atoms with Gasteiger partial charge in [-0.3, -0.25) is 0 Å². The first kappa shape index (κ1) is 16.7. The van der Waals surface area contributed by atoms with Gasteiger partial charge in [-0.1, -0.05) is 13.8 Å². The lowest BCUT2D eigenvalue weighted by Crippen LogP contribution is -2.43. The van der Waals surface area contributed by atoms with Gasteiger partial charge in [-0.15, -0.1) is 11.3 Å². The molecule has 2 rings (SSSR count). The second kappa shape index (κ2) is 7.04. The normalized spacial score (nSPS) is 18.3. The van der Waals surface area contributed by atoms with Crippen molar-refractivity contribution in [1.29, 1.82) is 0 Å². The van der Waals surface area contributed by atoms with Gasteiger partial charge in [0, 0.05) is 24.5 Å². The summed E-state index contributed by atoms with van der Waals surface area (Å²) in [5, 5.41) is 5.70. The lowest BCUT2D eigenvalue weighted by Gasteiger charge is -2.31. The molecule has 1 saturated heterocycles. The molecule has 2 heterocycles. The lowest BCUT2D eigenvalue weighted by molar-refractivity contribution is 0.265. The van der Waals surface area contributed by atoms with E-state index in [0.29, 0.717) is 30.2 Å². The standard InChI is InChI=1S/C13H24N4O2S2/c1-10(2)14-8-12-4-6-17(7-5-12)21(18,19)16-13-15-11(3)9-20-13/h9-10,12,14H,4-8H2,1-3H3,(H,15,16). The van der Waals surface area contributed by atoms with Crippen molar-refractivity contribution in [1.82, 2.24) is 14.6 Å². The van der Waals surface area contributed by atoms with Gasteiger partial charge in [-0.25, -0.2) is 9.71 Å². The molecule has 0 unspecified atom stereocenters. The molecule has 1 aromatic heterocycles. The average Bonchev–Trinajstić information content (AvgIpc) is 2.81. The molecular weight excluding hydrogens is 308 g/mol. The Labute approximate surface area is 131 Å². The van der Waals surface area contributed by atoms with E-state index in [9.17, 15) is 8.42 Å². The second-order valence-corrected chi connectivity index (χ2v) is 8.34. The summed E-state index contributed by atoms with van der Waals surface area (Å²) in [4.78, 5) is 4.15. The molecule has 0 bridgehead atoms. The Hall–Kier alpha value is -0.700. The van der Waals surface area contributed by atoms with Gasteiger partial charge in [0.2, 0.25) is 0 Å². The third-order valence-corrected chi connectivity index (χ3v) is 6.06. The van der Waals surface area contributed by atoms with Gasteiger partial charge in [0.15, 0.2) is 5.13 Å². The number of hydrogen-bond donors (Lipinski definition) is 2. The van der Waals surface area contributed by atoms with Crippen molar-refractivity contribution in [3.05, 3.63) is 11.1 Å². The van der Waals surface area contributed by atoms with Crippen LogP contribution in [0.25, 0.3) is 0 Å². The Morgan fingerprint density at radius 2 is 2.10 bits per heavy atom. The SMILES string of the molecule is Cc1csc(NS(=O)(=O)N2CCC(CNC(C)C)CC2)n1. The molecule has 8 heteroatoms. The number of piperidine rings is 1. The zero-order valence-electron chi connectivity index (χ0n) is 12.8. The molecule has 1 aliphatic rings. The minimum Gasteiger partial charge on any atom is -0.314 e. The van der Waals surface area contributed by atoms with Crippen LogP contribution >= 0.6 is 11.3 Å². The third-order valence-electron chi connectivity index (χ3n) is 3.56. The number of thiazole rings is 1. The molecule has 0 aromatic carbocycles. The van der Waals surface area contributed by atoms with E-state index in [4.69, 9.17) is 0 Å². The number of hydrogen-bond acceptors (Lipinski definition) is 5. The highest BCUT2D eigenvalue weighted by Gasteiger charge is 2.28. The molecule has 21 heavy (non-hydrogen) atoms. The fraction of sp³-hybridized carbons (Fsp3) is 0.769. The van der Waals surface area contributed by atoms with Gasteiger partial charge in [0.05, 0.1) is 5.69 Å². The largest absolute Gasteiger partial charge is 0.314 e. The number of nitrogens with zero attached hydrogens (tertiary/aromatic N) is 2. The highest BCUT2D eigenvalue weighted by molar-refractivity contribution is 7.90. The van der Waals surface area contributed by atoms with E-state index in [2.05, 4.69) is 28.9 Å². The Kier molecular flexibility index (Phi) is 5.59. The van der Waals surface area contributed by atoms with E-state index in [0.717, 1.165) is 25.1 Å². The van der Waals surface area contributed by atoms with Crippen LogP contribution < -0.4 is 10.0 Å². The zero-order chi connectivity index (χ0) is 15.5. The summed E-state index contributed by atoms with van der Waals surface area (Å²) < 4.78 is 28.7. The van der Waals surface area contributed by atoms with Crippen molar-refractivity contribution in [2.45, 2.75) is 39.7 Å². The molecule has 1 aliphatic heterocycles. The average molecular weight is 332 g/mol. The van der Waals surface area contributed by atoms with Crippen LogP contribution in [-0.2, 0) is 10.2 Å². The maximum atomic E-state index is 12.3. The van der Waals surface area contributed by atoms with E-state index in [1.165, 1.54) is 15.6 Å². The summed E-state index contributed by atoms with van der Waals surface area (Å²) in [6, 6.07) is 0.474. The van der Waals surface area contributed by atoms with E-state index >= 15 is 0 Å². The maximum absolute atomic E-state index is 12.3. The summed E-state index contributed by atoms with van der Waals surface area (Å²) >= 11 is 1.31. The third kappa shape index (κ3) is 4.91. The van der Waals surface area contributed by atoms with Gasteiger partial charge < -0.3 is 5.32 Å². The first-order valence-corrected chi connectivity index (χ1v) is 9.62. The number of aromatic nitrogens is 1. The van der Waals surface area contributed by atoms with E-state index < -0.39 is 10.2 Å². The molecule has 1 fully saturated rings. The van der Waals surface area contributed by atoms with E-state index in [1.54, 1.807) is 0 Å². The van der Waals surface area contributed by atoms with Crippen molar-refractivity contribution in [2.75, 3.05) is 24.4 Å². The van der Waals surface area contributed by atoms with Crippen LogP contribution in [0.4, 0.5) is 5.13 Å². The Morgan fingerprint density at radius 1 is 1.43 bits per heavy atom. The lowest BCUT2D eigenvalue weighted by atomic mass is 9.98. The van der Waals surface area contributed by atoms with E-state index in [1.807, 2.05) is 12.3 Å². The van der Waals surface area contributed by atoms with Crippen molar-refractivity contribution in [2.24, 2.45) is 5.92 Å². The number of aryl methyl sites for hydroxylation is 1. The Bertz CT molecular complexity index is 548. The van der Waals surface area contributed by atoms with Crippen LogP contribution in [-0.4, -0.2) is 43.4 Å². The van der Waals surface area contributed by atoms with Crippen molar-refractivity contribution in [3.63, 3.8) is 0 Å². The van der Waals surface area contributed by atoms with Gasteiger partial charge in [-0.05, 0) is 32.2 Å². The van der Waals surface area contributed by atoms with Gasteiger partial charge in [-0.2, -0.15) is 12.7 Å². The van der Waals surface area contributed by atoms with Crippen LogP contribution in [0.1, 0.15) is 32.4 Å². The van der Waals surface area contributed by atoms with Crippen LogP contribution in [0.2, 0.25) is 0 Å². The summed E-state index contributed by atoms with van der Waals surface area (Å²) in [5.41, 5.74) is 0.830. The molecule has 0 atom stereocenters. The molecule has 120 valence electrons. The molecule has 0 radical (unpaired) electrons. The molecular formula is C13H24N4O2S2. The van der Waals surface area contributed by atoms with Crippen LogP contribution in [0, 0.1) is 12.8 Å². The minimum atomic E-state index is -3.47. The molecule has 0 aliphatic carbocycles. The highest BCUT2D eigenvalue weighted by atomic mass is 32.2. The minimum absolute atomic E-state index is 0.441. The quantitative estimate of drug-likeness (QED) is 0.833. The molecule has 2 N–H and O–H groups in total. The van der Waals surface area contributed by atoms with Crippen LogP contribution in [0.3, 0.4) is 0 Å². The fourth-order valence-corrected chi connectivity index (χ4v) is 4.46. The summed E-state index contributed by atoms with van der Waals surface area (Å²) in [6.45, 7) is 8.21. The van der Waals surface area contributed by atoms with Crippen LogP contribution in [0.15, 0.2) is 5.38 Å². The summed E-state index contributed by atoms with van der Waals surface area (Å²) in [5.74, 6) is 0.556. The predicted molar refractivity (Wildman–Crippen MR) is 86.8 cm³/mol. The van der Waals surface area contributed by atoms with Gasteiger partial charge in [0.1, 0.15) is 0 Å². The topological polar surface area (TPSA) is 74.3 Å². The fourth-order valence-electron chi connectivity index (χ4n) is 2.33. The Balaban J connectivity index is 1.86. The summed E-state index contributed by atoms with van der Waals surface area (Å²) in [6.07, 6.45) is 1.80. The smallest absolute Gasteiger partial charge is 0.303 e. The monoisotopic (exact) mass is 332 g/mol. The summed E-state index contributed by atoms with van der Waals surface area (Å²) in [7, 11) is -3.47. The first-order valence-electron chi connectivity index (χ1n) is 7.30. The number of nitrogens with one attached hydrogen (secondary N) is 2. The van der Waals surface area contributed by atoms with Gasteiger partial charge >= 0.3 is 10.2 Å². The highest BCUT2D eigenvalue weighted by Crippen LogP contribution is 2.22.